The maximum Gasteiger partial charge on any atom is 0.447 e. The fourth-order valence-corrected chi connectivity index (χ4v) is 0.536. The van der Waals surface area contributed by atoms with Crippen LogP contribution in [0.5, 0.6) is 0 Å². The maximum atomic E-state index is 12.0. The molecule has 0 atom stereocenters. The van der Waals surface area contributed by atoms with Crippen LogP contribution in [0.25, 0.3) is 0 Å². The quantitative estimate of drug-likeness (QED) is 0.428. The molecule has 7 heteroatoms. The van der Waals surface area contributed by atoms with Crippen molar-refractivity contribution in [3.05, 3.63) is 29.3 Å². The van der Waals surface area contributed by atoms with Crippen molar-refractivity contribution in [2.45, 2.75) is 0 Å². The van der Waals surface area contributed by atoms with Crippen LogP contribution < -0.4 is 4.79 Å². The van der Waals surface area contributed by atoms with E-state index in [-0.39, 0.29) is 0 Å². The molecule has 0 fully saturated rings. The SMILES string of the molecule is Fc1c(F)c(F)[n+](F)c(F)c1F. The molecule has 0 aliphatic rings. The average Bonchev–Trinajstić information content (AvgIpc) is 2.08. The Bertz CT molecular complexity index is 230. The number of halogens is 6. The van der Waals surface area contributed by atoms with Crippen molar-refractivity contribution in [3.63, 3.8) is 0 Å². The highest BCUT2D eigenvalue weighted by Crippen LogP contribution is 2.12. The third-order valence-electron chi connectivity index (χ3n) is 1.09. The third-order valence-corrected chi connectivity index (χ3v) is 1.09. The van der Waals surface area contributed by atoms with Crippen molar-refractivity contribution >= 4 is 0 Å². The van der Waals surface area contributed by atoms with Gasteiger partial charge in [0.2, 0.25) is 5.82 Å². The Morgan fingerprint density at radius 2 is 1.00 bits per heavy atom. The molecule has 0 radical (unpaired) electrons. The Hall–Kier alpha value is -1.27. The van der Waals surface area contributed by atoms with Crippen molar-refractivity contribution in [1.82, 2.24) is 0 Å². The van der Waals surface area contributed by atoms with E-state index in [0.717, 1.165) is 0 Å². The van der Waals surface area contributed by atoms with Crippen LogP contribution in [0, 0.1) is 29.3 Å². The molecule has 12 heavy (non-hydrogen) atoms. The molecule has 0 saturated heterocycles. The maximum absolute atomic E-state index is 12.0. The van der Waals surface area contributed by atoms with E-state index in [9.17, 15) is 26.4 Å². The molecule has 0 N–H and O–H groups in total. The minimum atomic E-state index is -2.45. The summed E-state index contributed by atoms with van der Waals surface area (Å²) in [6.07, 6.45) is 0. The van der Waals surface area contributed by atoms with Gasteiger partial charge in [-0.1, -0.05) is 0 Å². The summed E-state index contributed by atoms with van der Waals surface area (Å²) in [5.74, 6) is -12.1. The molecular formula is C5F6N+. The van der Waals surface area contributed by atoms with E-state index in [1.165, 1.54) is 0 Å². The van der Waals surface area contributed by atoms with Gasteiger partial charge < -0.3 is 0 Å². The number of pyridine rings is 1. The lowest BCUT2D eigenvalue weighted by Gasteiger charge is -1.91. The van der Waals surface area contributed by atoms with Gasteiger partial charge in [0.1, 0.15) is 4.48 Å². The van der Waals surface area contributed by atoms with Crippen LogP contribution in [0.4, 0.5) is 26.4 Å². The average molecular weight is 188 g/mol. The van der Waals surface area contributed by atoms with E-state index in [4.69, 9.17) is 0 Å². The second-order valence-corrected chi connectivity index (χ2v) is 1.80. The number of hydrogen-bond acceptors (Lipinski definition) is 0. The third kappa shape index (κ3) is 1.01. The summed E-state index contributed by atoms with van der Waals surface area (Å²) >= 11 is 0. The lowest BCUT2D eigenvalue weighted by molar-refractivity contribution is -0.888. The normalized spacial score (nSPS) is 10.5. The Balaban J connectivity index is 3.60. The number of nitrogens with zero attached hydrogens (tertiary/aromatic N) is 1. The van der Waals surface area contributed by atoms with Gasteiger partial charge in [0.25, 0.3) is 11.6 Å². The van der Waals surface area contributed by atoms with Crippen molar-refractivity contribution < 1.29 is 31.2 Å². The zero-order valence-corrected chi connectivity index (χ0v) is 5.22. The molecule has 1 heterocycles. The van der Waals surface area contributed by atoms with Gasteiger partial charge in [-0.15, -0.1) is 8.78 Å². The molecule has 0 aromatic carbocycles. The first kappa shape index (κ1) is 8.82. The lowest BCUT2D eigenvalue weighted by Crippen LogP contribution is -2.36. The summed E-state index contributed by atoms with van der Waals surface area (Å²) in [5, 5.41) is 0. The molecule has 0 unspecified atom stereocenters. The summed E-state index contributed by atoms with van der Waals surface area (Å²) in [6, 6.07) is 0. The van der Waals surface area contributed by atoms with Gasteiger partial charge in [-0.2, -0.15) is 13.2 Å². The molecule has 0 spiro atoms. The van der Waals surface area contributed by atoms with Crippen LogP contribution in [-0.4, -0.2) is 0 Å². The molecule has 0 bridgehead atoms. The number of aromatic nitrogens is 1. The number of hydrogen-bond donors (Lipinski definition) is 0. The topological polar surface area (TPSA) is 3.88 Å². The molecular weight excluding hydrogens is 188 g/mol. The van der Waals surface area contributed by atoms with Gasteiger partial charge >= 0.3 is 11.9 Å². The van der Waals surface area contributed by atoms with Crippen LogP contribution in [0.1, 0.15) is 0 Å². The van der Waals surface area contributed by atoms with Crippen LogP contribution in [0.15, 0.2) is 0 Å². The van der Waals surface area contributed by atoms with Crippen molar-refractivity contribution in [3.8, 4) is 0 Å². The summed E-state index contributed by atoms with van der Waals surface area (Å²) in [7, 11) is 0. The van der Waals surface area contributed by atoms with E-state index >= 15 is 0 Å². The zero-order chi connectivity index (χ0) is 9.46. The smallest absolute Gasteiger partial charge is 0.200 e. The lowest BCUT2D eigenvalue weighted by atomic mass is 10.4. The Morgan fingerprint density at radius 1 is 0.667 bits per heavy atom. The van der Waals surface area contributed by atoms with E-state index in [0.29, 0.717) is 0 Å². The second-order valence-electron chi connectivity index (χ2n) is 1.80. The summed E-state index contributed by atoms with van der Waals surface area (Å²) < 4.78 is 72.0. The molecule has 1 aromatic heterocycles. The molecule has 1 aromatic rings. The van der Waals surface area contributed by atoms with E-state index < -0.39 is 34.1 Å². The van der Waals surface area contributed by atoms with Gasteiger partial charge in [-0.05, 0) is 0 Å². The zero-order valence-electron chi connectivity index (χ0n) is 5.22. The minimum Gasteiger partial charge on any atom is -0.200 e. The van der Waals surface area contributed by atoms with E-state index in [1.54, 1.807) is 0 Å². The highest BCUT2D eigenvalue weighted by atomic mass is 19.2. The van der Waals surface area contributed by atoms with Crippen molar-refractivity contribution in [2.75, 3.05) is 0 Å². The van der Waals surface area contributed by atoms with Crippen LogP contribution in [-0.2, 0) is 0 Å². The Labute approximate surface area is 61.8 Å². The first-order valence-electron chi connectivity index (χ1n) is 2.56. The predicted octanol–water partition coefficient (Wildman–Crippen LogP) is 1.40. The summed E-state index contributed by atoms with van der Waals surface area (Å²) in [6.45, 7) is 0. The minimum absolute atomic E-state index is 1.56. The highest BCUT2D eigenvalue weighted by Gasteiger charge is 2.34. The van der Waals surface area contributed by atoms with Gasteiger partial charge in [-0.25, -0.2) is 0 Å². The predicted molar refractivity (Wildman–Crippen MR) is 22.9 cm³/mol. The molecule has 0 amide bonds. The van der Waals surface area contributed by atoms with Gasteiger partial charge in [-0.3, -0.25) is 0 Å². The molecule has 66 valence electrons. The summed E-state index contributed by atoms with van der Waals surface area (Å²) in [4.78, 5) is -1.56. The molecule has 0 aliphatic heterocycles. The van der Waals surface area contributed by atoms with Gasteiger partial charge in [0.15, 0.2) is 0 Å². The van der Waals surface area contributed by atoms with E-state index in [2.05, 4.69) is 0 Å². The van der Waals surface area contributed by atoms with Crippen LogP contribution in [0.2, 0.25) is 0 Å². The first-order chi connectivity index (χ1) is 5.46. The molecule has 1 rings (SSSR count). The molecule has 0 aliphatic carbocycles. The number of rotatable bonds is 0. The van der Waals surface area contributed by atoms with Gasteiger partial charge in [0, 0.05) is 0 Å². The van der Waals surface area contributed by atoms with Crippen molar-refractivity contribution in [2.24, 2.45) is 0 Å². The monoisotopic (exact) mass is 188 g/mol. The second kappa shape index (κ2) is 2.65. The molecule has 1 nitrogen and oxygen atoms in total. The largest absolute Gasteiger partial charge is 0.447 e. The molecule has 0 saturated carbocycles. The van der Waals surface area contributed by atoms with Crippen molar-refractivity contribution in [1.29, 1.82) is 0 Å². The Kier molecular flexibility index (Phi) is 1.95. The van der Waals surface area contributed by atoms with Crippen LogP contribution in [0.3, 0.4) is 0 Å². The first-order valence-corrected chi connectivity index (χ1v) is 2.56. The standard InChI is InChI=1S/C5F6N/c6-1-2(7)4(9)12(11)5(10)3(1)8/q+1. The highest BCUT2D eigenvalue weighted by molar-refractivity contribution is 4.99. The fourth-order valence-electron chi connectivity index (χ4n) is 0.536. The van der Waals surface area contributed by atoms with Crippen LogP contribution >= 0.6 is 0 Å². The van der Waals surface area contributed by atoms with Gasteiger partial charge in [0.05, 0.1) is 4.79 Å². The van der Waals surface area contributed by atoms with E-state index in [1.807, 2.05) is 0 Å². The Morgan fingerprint density at radius 3 is 1.33 bits per heavy atom. The summed E-state index contributed by atoms with van der Waals surface area (Å²) in [5.41, 5.74) is 0. The fraction of sp³-hybridized carbons (Fsp3) is 0.